The van der Waals surface area contributed by atoms with Crippen LogP contribution in [0.15, 0.2) is 48.8 Å². The zero-order valence-electron chi connectivity index (χ0n) is 10.3. The minimum absolute atomic E-state index is 0.0623. The highest BCUT2D eigenvalue weighted by Gasteiger charge is 2.09. The molecule has 1 aromatic carbocycles. The fourth-order valence-electron chi connectivity index (χ4n) is 1.86. The second kappa shape index (κ2) is 5.31. The number of aromatic nitrogens is 1. The quantitative estimate of drug-likeness (QED) is 0.634. The number of nitrogen functional groups attached to an aromatic ring is 1. The van der Waals surface area contributed by atoms with Crippen molar-refractivity contribution < 1.29 is 0 Å². The fourth-order valence-corrected chi connectivity index (χ4v) is 1.86. The van der Waals surface area contributed by atoms with E-state index in [0.717, 1.165) is 12.2 Å². The van der Waals surface area contributed by atoms with Crippen molar-refractivity contribution in [1.29, 1.82) is 5.41 Å². The average Bonchev–Trinajstić information content (AvgIpc) is 2.40. The highest BCUT2D eigenvalue weighted by atomic mass is 15.1. The van der Waals surface area contributed by atoms with E-state index in [-0.39, 0.29) is 5.84 Å². The van der Waals surface area contributed by atoms with Gasteiger partial charge in [0.05, 0.1) is 11.9 Å². The number of nitrogens with one attached hydrogen (secondary N) is 1. The molecule has 0 amide bonds. The lowest BCUT2D eigenvalue weighted by Gasteiger charge is -2.21. The van der Waals surface area contributed by atoms with E-state index in [1.54, 1.807) is 18.5 Å². The van der Waals surface area contributed by atoms with Crippen molar-refractivity contribution >= 4 is 11.5 Å². The van der Waals surface area contributed by atoms with E-state index >= 15 is 0 Å². The van der Waals surface area contributed by atoms with Gasteiger partial charge in [-0.25, -0.2) is 0 Å². The van der Waals surface area contributed by atoms with Gasteiger partial charge in [0.1, 0.15) is 5.84 Å². The van der Waals surface area contributed by atoms with E-state index < -0.39 is 0 Å². The Bertz CT molecular complexity index is 537. The van der Waals surface area contributed by atoms with Crippen LogP contribution in [-0.4, -0.2) is 17.9 Å². The number of anilines is 1. The van der Waals surface area contributed by atoms with Crippen molar-refractivity contribution in [2.45, 2.75) is 6.54 Å². The third-order valence-corrected chi connectivity index (χ3v) is 2.76. The van der Waals surface area contributed by atoms with Gasteiger partial charge in [0.2, 0.25) is 0 Å². The van der Waals surface area contributed by atoms with Crippen LogP contribution in [-0.2, 0) is 6.54 Å². The number of hydrogen-bond acceptors (Lipinski definition) is 3. The van der Waals surface area contributed by atoms with Gasteiger partial charge >= 0.3 is 0 Å². The Morgan fingerprint density at radius 3 is 2.67 bits per heavy atom. The van der Waals surface area contributed by atoms with Crippen LogP contribution < -0.4 is 10.6 Å². The summed E-state index contributed by atoms with van der Waals surface area (Å²) in [6.45, 7) is 0.757. The standard InChI is InChI=1S/C14H16N4/c1-18(10-11-5-3-2-4-6-11)13-9-17-8-7-12(13)14(15)16/h2-9H,10H2,1H3,(H3,15,16). The molecule has 18 heavy (non-hydrogen) atoms. The van der Waals surface area contributed by atoms with Crippen molar-refractivity contribution in [2.24, 2.45) is 5.73 Å². The largest absolute Gasteiger partial charge is 0.384 e. The first-order valence-corrected chi connectivity index (χ1v) is 5.72. The molecule has 2 rings (SSSR count). The summed E-state index contributed by atoms with van der Waals surface area (Å²) in [7, 11) is 1.97. The van der Waals surface area contributed by atoms with Crippen molar-refractivity contribution in [2.75, 3.05) is 11.9 Å². The van der Waals surface area contributed by atoms with Crippen molar-refractivity contribution in [3.05, 3.63) is 59.9 Å². The van der Waals surface area contributed by atoms with Crippen LogP contribution in [0.1, 0.15) is 11.1 Å². The molecular formula is C14H16N4. The number of hydrogen-bond donors (Lipinski definition) is 2. The molecule has 0 bridgehead atoms. The summed E-state index contributed by atoms with van der Waals surface area (Å²) in [4.78, 5) is 6.14. The maximum Gasteiger partial charge on any atom is 0.125 e. The zero-order valence-corrected chi connectivity index (χ0v) is 10.3. The normalized spacial score (nSPS) is 10.1. The Morgan fingerprint density at radius 2 is 2.00 bits per heavy atom. The summed E-state index contributed by atoms with van der Waals surface area (Å²) in [5.41, 5.74) is 8.36. The molecule has 2 aromatic rings. The van der Waals surface area contributed by atoms with Crippen LogP contribution in [0.4, 0.5) is 5.69 Å². The second-order valence-corrected chi connectivity index (χ2v) is 4.15. The molecule has 0 aliphatic heterocycles. The summed E-state index contributed by atoms with van der Waals surface area (Å²) >= 11 is 0. The molecule has 3 N–H and O–H groups in total. The molecule has 0 atom stereocenters. The molecule has 0 spiro atoms. The summed E-state index contributed by atoms with van der Waals surface area (Å²) in [6.07, 6.45) is 3.39. The minimum Gasteiger partial charge on any atom is -0.384 e. The van der Waals surface area contributed by atoms with Crippen molar-refractivity contribution in [1.82, 2.24) is 4.98 Å². The Labute approximate surface area is 107 Å². The van der Waals surface area contributed by atoms with E-state index in [4.69, 9.17) is 11.1 Å². The molecule has 1 heterocycles. The molecule has 0 saturated carbocycles. The smallest absolute Gasteiger partial charge is 0.125 e. The third-order valence-electron chi connectivity index (χ3n) is 2.76. The number of rotatable bonds is 4. The van der Waals surface area contributed by atoms with Crippen LogP contribution in [0.2, 0.25) is 0 Å². The lowest BCUT2D eigenvalue weighted by atomic mass is 10.1. The Kier molecular flexibility index (Phi) is 3.57. The van der Waals surface area contributed by atoms with Crippen LogP contribution in [0.3, 0.4) is 0 Å². The monoisotopic (exact) mass is 240 g/mol. The van der Waals surface area contributed by atoms with Gasteiger partial charge in [-0.2, -0.15) is 0 Å². The summed E-state index contributed by atoms with van der Waals surface area (Å²) in [5, 5.41) is 7.57. The van der Waals surface area contributed by atoms with Gasteiger partial charge in [0.25, 0.3) is 0 Å². The van der Waals surface area contributed by atoms with Gasteiger partial charge in [0, 0.05) is 25.4 Å². The first-order chi connectivity index (χ1) is 8.68. The Balaban J connectivity index is 2.24. The Hall–Kier alpha value is -2.36. The summed E-state index contributed by atoms with van der Waals surface area (Å²) < 4.78 is 0. The molecule has 0 aliphatic carbocycles. The van der Waals surface area contributed by atoms with Crippen LogP contribution >= 0.6 is 0 Å². The molecule has 4 heteroatoms. The van der Waals surface area contributed by atoms with Gasteiger partial charge in [-0.3, -0.25) is 10.4 Å². The number of benzene rings is 1. The zero-order chi connectivity index (χ0) is 13.0. The van der Waals surface area contributed by atoms with Gasteiger partial charge < -0.3 is 10.6 Å². The lowest BCUT2D eigenvalue weighted by Crippen LogP contribution is -2.22. The molecule has 92 valence electrons. The molecule has 0 radical (unpaired) electrons. The maximum absolute atomic E-state index is 7.57. The van der Waals surface area contributed by atoms with Crippen molar-refractivity contribution in [3.63, 3.8) is 0 Å². The molecule has 0 fully saturated rings. The maximum atomic E-state index is 7.57. The van der Waals surface area contributed by atoms with Gasteiger partial charge in [-0.1, -0.05) is 30.3 Å². The van der Waals surface area contributed by atoms with Crippen LogP contribution in [0.25, 0.3) is 0 Å². The predicted molar refractivity (Wildman–Crippen MR) is 73.8 cm³/mol. The van der Waals surface area contributed by atoms with Crippen molar-refractivity contribution in [3.8, 4) is 0 Å². The van der Waals surface area contributed by atoms with E-state index in [9.17, 15) is 0 Å². The highest BCUT2D eigenvalue weighted by molar-refractivity contribution is 6.00. The fraction of sp³-hybridized carbons (Fsp3) is 0.143. The number of nitrogens with zero attached hydrogens (tertiary/aromatic N) is 2. The number of pyridine rings is 1. The summed E-state index contributed by atoms with van der Waals surface area (Å²) in [6, 6.07) is 11.9. The van der Waals surface area contributed by atoms with Gasteiger partial charge in [-0.05, 0) is 11.6 Å². The molecule has 0 saturated heterocycles. The lowest BCUT2D eigenvalue weighted by molar-refractivity contribution is 0.916. The molecule has 4 nitrogen and oxygen atoms in total. The molecular weight excluding hydrogens is 224 g/mol. The highest BCUT2D eigenvalue weighted by Crippen LogP contribution is 2.19. The Morgan fingerprint density at radius 1 is 1.28 bits per heavy atom. The van der Waals surface area contributed by atoms with Gasteiger partial charge in [0.15, 0.2) is 0 Å². The predicted octanol–water partition coefficient (Wildman–Crippen LogP) is 2.00. The number of amidine groups is 1. The van der Waals surface area contributed by atoms with Crippen LogP contribution in [0, 0.1) is 5.41 Å². The van der Waals surface area contributed by atoms with E-state index in [1.807, 2.05) is 30.1 Å². The SMILES string of the molecule is CN(Cc1ccccc1)c1cnccc1C(=N)N. The van der Waals surface area contributed by atoms with Crippen LogP contribution in [0.5, 0.6) is 0 Å². The van der Waals surface area contributed by atoms with E-state index in [2.05, 4.69) is 17.1 Å². The van der Waals surface area contributed by atoms with E-state index in [1.165, 1.54) is 5.56 Å². The molecule has 0 unspecified atom stereocenters. The second-order valence-electron chi connectivity index (χ2n) is 4.15. The van der Waals surface area contributed by atoms with Gasteiger partial charge in [-0.15, -0.1) is 0 Å². The molecule has 0 aliphatic rings. The minimum atomic E-state index is 0.0623. The first kappa shape index (κ1) is 12.1. The van der Waals surface area contributed by atoms with E-state index in [0.29, 0.717) is 5.56 Å². The average molecular weight is 240 g/mol. The summed E-state index contributed by atoms with van der Waals surface area (Å²) in [5.74, 6) is 0.0623. The topological polar surface area (TPSA) is 66.0 Å². The molecule has 1 aromatic heterocycles. The first-order valence-electron chi connectivity index (χ1n) is 5.72. The third kappa shape index (κ3) is 2.66. The number of nitrogens with two attached hydrogens (primary N) is 1.